The third-order valence-corrected chi connectivity index (χ3v) is 5.89. The van der Waals surface area contributed by atoms with Gasteiger partial charge in [0.15, 0.2) is 23.2 Å². The third-order valence-electron chi connectivity index (χ3n) is 4.84. The molecule has 168 valence electrons. The molecule has 2 aromatic carbocycles. The average Bonchev–Trinajstić information content (AvgIpc) is 3.20. The molecule has 0 aliphatic carbocycles. The SMILES string of the molecule is CCN(CC)CCN(C(=O)COc1ccccc1OC)c1nc2c(F)cccc2s1.Cl. The fourth-order valence-electron chi connectivity index (χ4n) is 3.08. The van der Waals surface area contributed by atoms with Crippen LogP contribution in [0.15, 0.2) is 42.5 Å². The lowest BCUT2D eigenvalue weighted by Crippen LogP contribution is -2.41. The van der Waals surface area contributed by atoms with E-state index in [1.807, 2.05) is 12.1 Å². The van der Waals surface area contributed by atoms with Crippen molar-refractivity contribution in [3.8, 4) is 11.5 Å². The van der Waals surface area contributed by atoms with E-state index in [4.69, 9.17) is 9.47 Å². The molecule has 1 aromatic heterocycles. The number of aromatic nitrogens is 1. The zero-order valence-corrected chi connectivity index (χ0v) is 19.5. The molecule has 9 heteroatoms. The Labute approximate surface area is 192 Å². The molecule has 0 bridgehead atoms. The van der Waals surface area contributed by atoms with Gasteiger partial charge in [0.1, 0.15) is 11.3 Å². The Morgan fingerprint density at radius 3 is 2.42 bits per heavy atom. The van der Waals surface area contributed by atoms with E-state index in [1.165, 1.54) is 17.4 Å². The quantitative estimate of drug-likeness (QED) is 0.435. The normalized spacial score (nSPS) is 10.7. The zero-order valence-electron chi connectivity index (χ0n) is 17.8. The number of hydrogen-bond donors (Lipinski definition) is 0. The molecule has 0 spiro atoms. The maximum absolute atomic E-state index is 14.1. The Morgan fingerprint density at radius 2 is 1.77 bits per heavy atom. The molecule has 0 fully saturated rings. The molecule has 0 saturated heterocycles. The van der Waals surface area contributed by atoms with E-state index in [9.17, 15) is 9.18 Å². The molecule has 1 heterocycles. The summed E-state index contributed by atoms with van der Waals surface area (Å²) < 4.78 is 25.8. The van der Waals surface area contributed by atoms with Crippen molar-refractivity contribution in [2.24, 2.45) is 0 Å². The second-order valence-corrected chi connectivity index (χ2v) is 7.60. The Bertz CT molecular complexity index is 997. The van der Waals surface area contributed by atoms with E-state index in [0.29, 0.717) is 34.4 Å². The lowest BCUT2D eigenvalue weighted by molar-refractivity contribution is -0.120. The Balaban J connectivity index is 0.00000341. The van der Waals surface area contributed by atoms with Crippen LogP contribution in [-0.2, 0) is 4.79 Å². The van der Waals surface area contributed by atoms with Crippen molar-refractivity contribution in [1.82, 2.24) is 9.88 Å². The highest BCUT2D eigenvalue weighted by Gasteiger charge is 2.22. The molecular formula is C22H27ClFN3O3S. The number of hydrogen-bond acceptors (Lipinski definition) is 6. The molecule has 0 radical (unpaired) electrons. The molecule has 1 amide bonds. The van der Waals surface area contributed by atoms with Crippen LogP contribution in [0, 0.1) is 5.82 Å². The van der Waals surface area contributed by atoms with E-state index in [-0.39, 0.29) is 30.4 Å². The first kappa shape index (κ1) is 24.8. The molecule has 0 saturated carbocycles. The number of rotatable bonds is 10. The van der Waals surface area contributed by atoms with Crippen LogP contribution in [0.2, 0.25) is 0 Å². The first-order chi connectivity index (χ1) is 14.6. The standard InChI is InChI=1S/C22H26FN3O3S.ClH/c1-4-25(5-2)13-14-26(22-24-21-16(23)9-8-12-19(21)30-22)20(27)15-29-18-11-7-6-10-17(18)28-3;/h6-12H,4-5,13-15H2,1-3H3;1H. The van der Waals surface area contributed by atoms with Gasteiger partial charge >= 0.3 is 0 Å². The number of anilines is 1. The van der Waals surface area contributed by atoms with Gasteiger partial charge in [0.05, 0.1) is 11.8 Å². The predicted octanol–water partition coefficient (Wildman–Crippen LogP) is 4.62. The molecular weight excluding hydrogens is 441 g/mol. The van der Waals surface area contributed by atoms with E-state index >= 15 is 0 Å². The van der Waals surface area contributed by atoms with Gasteiger partial charge in [-0.05, 0) is 37.4 Å². The first-order valence-corrected chi connectivity index (χ1v) is 10.7. The number of halogens is 2. The van der Waals surface area contributed by atoms with Crippen molar-refractivity contribution in [2.75, 3.05) is 44.8 Å². The number of amides is 1. The van der Waals surface area contributed by atoms with Crippen LogP contribution >= 0.6 is 23.7 Å². The molecule has 0 unspecified atom stereocenters. The summed E-state index contributed by atoms with van der Waals surface area (Å²) in [5, 5.41) is 0.468. The van der Waals surface area contributed by atoms with Crippen LogP contribution in [0.4, 0.5) is 9.52 Å². The van der Waals surface area contributed by atoms with Crippen molar-refractivity contribution in [3.63, 3.8) is 0 Å². The third kappa shape index (κ3) is 6.06. The van der Waals surface area contributed by atoms with Gasteiger partial charge in [-0.3, -0.25) is 9.69 Å². The predicted molar refractivity (Wildman–Crippen MR) is 125 cm³/mol. The number of thiazole rings is 1. The van der Waals surface area contributed by atoms with Crippen LogP contribution < -0.4 is 14.4 Å². The molecule has 0 atom stereocenters. The molecule has 3 rings (SSSR count). The van der Waals surface area contributed by atoms with Crippen molar-refractivity contribution < 1.29 is 18.7 Å². The van der Waals surface area contributed by atoms with Crippen LogP contribution in [-0.4, -0.2) is 55.7 Å². The number of likely N-dealkylation sites (N-methyl/N-ethyl adjacent to an activating group) is 1. The number of benzene rings is 2. The minimum atomic E-state index is -0.392. The van der Waals surface area contributed by atoms with Crippen LogP contribution in [0.1, 0.15) is 13.8 Å². The summed E-state index contributed by atoms with van der Waals surface area (Å²) in [4.78, 5) is 21.3. The number of ether oxygens (including phenoxy) is 2. The fraction of sp³-hybridized carbons (Fsp3) is 0.364. The van der Waals surface area contributed by atoms with Gasteiger partial charge in [-0.15, -0.1) is 12.4 Å². The van der Waals surface area contributed by atoms with Crippen molar-refractivity contribution in [2.45, 2.75) is 13.8 Å². The van der Waals surface area contributed by atoms with Crippen LogP contribution in [0.5, 0.6) is 11.5 Å². The van der Waals surface area contributed by atoms with E-state index in [2.05, 4.69) is 23.7 Å². The summed E-state index contributed by atoms with van der Waals surface area (Å²) in [5.41, 5.74) is 0.281. The number of carbonyl (C=O) groups excluding carboxylic acids is 1. The Hall–Kier alpha value is -2.42. The smallest absolute Gasteiger partial charge is 0.266 e. The second kappa shape index (κ2) is 11.8. The van der Waals surface area contributed by atoms with E-state index in [0.717, 1.165) is 13.1 Å². The molecule has 0 aliphatic rings. The number of para-hydroxylation sites is 3. The van der Waals surface area contributed by atoms with Gasteiger partial charge in [0.25, 0.3) is 5.91 Å². The highest BCUT2D eigenvalue weighted by Crippen LogP contribution is 2.31. The van der Waals surface area contributed by atoms with Crippen molar-refractivity contribution >= 4 is 45.0 Å². The Kier molecular flexibility index (Phi) is 9.48. The second-order valence-electron chi connectivity index (χ2n) is 6.59. The summed E-state index contributed by atoms with van der Waals surface area (Å²) in [7, 11) is 1.55. The summed E-state index contributed by atoms with van der Waals surface area (Å²) in [6.45, 7) is 6.87. The van der Waals surface area contributed by atoms with Crippen LogP contribution in [0.25, 0.3) is 10.2 Å². The minimum absolute atomic E-state index is 0. The lowest BCUT2D eigenvalue weighted by Gasteiger charge is -2.24. The van der Waals surface area contributed by atoms with Crippen molar-refractivity contribution in [3.05, 3.63) is 48.3 Å². The fourth-order valence-corrected chi connectivity index (χ4v) is 4.11. The lowest BCUT2D eigenvalue weighted by atomic mass is 10.3. The molecule has 0 N–H and O–H groups in total. The van der Waals surface area contributed by atoms with Gasteiger partial charge in [0.2, 0.25) is 0 Å². The van der Waals surface area contributed by atoms with Gasteiger partial charge in [-0.2, -0.15) is 0 Å². The summed E-state index contributed by atoms with van der Waals surface area (Å²) >= 11 is 1.30. The molecule has 6 nitrogen and oxygen atoms in total. The minimum Gasteiger partial charge on any atom is -0.493 e. The van der Waals surface area contributed by atoms with Gasteiger partial charge in [-0.25, -0.2) is 9.37 Å². The monoisotopic (exact) mass is 467 g/mol. The molecule has 31 heavy (non-hydrogen) atoms. The van der Waals surface area contributed by atoms with Gasteiger partial charge in [0, 0.05) is 13.1 Å². The molecule has 3 aromatic rings. The van der Waals surface area contributed by atoms with Crippen molar-refractivity contribution in [1.29, 1.82) is 0 Å². The maximum Gasteiger partial charge on any atom is 0.266 e. The number of methoxy groups -OCH3 is 1. The Morgan fingerprint density at radius 1 is 1.06 bits per heavy atom. The molecule has 0 aliphatic heterocycles. The van der Waals surface area contributed by atoms with E-state index < -0.39 is 5.82 Å². The first-order valence-electron chi connectivity index (χ1n) is 9.90. The highest BCUT2D eigenvalue weighted by molar-refractivity contribution is 7.22. The van der Waals surface area contributed by atoms with Crippen LogP contribution in [0.3, 0.4) is 0 Å². The average molecular weight is 468 g/mol. The zero-order chi connectivity index (χ0) is 21.5. The highest BCUT2D eigenvalue weighted by atomic mass is 35.5. The summed E-state index contributed by atoms with van der Waals surface area (Å²) in [5.74, 6) is 0.415. The number of carbonyl (C=O) groups is 1. The van der Waals surface area contributed by atoms with Gasteiger partial charge in [-0.1, -0.05) is 43.4 Å². The number of fused-ring (bicyclic) bond motifs is 1. The largest absolute Gasteiger partial charge is 0.493 e. The topological polar surface area (TPSA) is 54.9 Å². The number of nitrogens with zero attached hydrogens (tertiary/aromatic N) is 3. The summed E-state index contributed by atoms with van der Waals surface area (Å²) in [6.07, 6.45) is 0. The maximum atomic E-state index is 14.1. The van der Waals surface area contributed by atoms with Gasteiger partial charge < -0.3 is 14.4 Å². The van der Waals surface area contributed by atoms with E-state index in [1.54, 1.807) is 36.3 Å². The summed E-state index contributed by atoms with van der Waals surface area (Å²) in [6, 6.07) is 12.0.